The first-order valence-corrected chi connectivity index (χ1v) is 30.5. The molecular formula is C81H72BN3. The van der Waals surface area contributed by atoms with Crippen molar-refractivity contribution in [3.63, 3.8) is 0 Å². The number of nitrogens with zero attached hydrogens (tertiary/aromatic N) is 3. The number of benzene rings is 10. The maximum atomic E-state index is 5.55. The Morgan fingerprint density at radius 1 is 0.306 bits per heavy atom. The lowest BCUT2D eigenvalue weighted by Crippen LogP contribution is -2.59. The summed E-state index contributed by atoms with van der Waals surface area (Å²) in [5.41, 5.74) is 30.3. The number of aromatic nitrogens is 3. The third-order valence-electron chi connectivity index (χ3n) is 18.7. The molecular weight excluding hydrogens is 1030 g/mol. The Labute approximate surface area is 501 Å². The van der Waals surface area contributed by atoms with Crippen molar-refractivity contribution < 1.29 is 0 Å². The monoisotopic (exact) mass is 1100 g/mol. The molecule has 15 rings (SSSR count). The summed E-state index contributed by atoms with van der Waals surface area (Å²) in [7, 11) is 0. The van der Waals surface area contributed by atoms with Crippen LogP contribution >= 0.6 is 0 Å². The molecule has 414 valence electrons. The number of rotatable bonds is 6. The van der Waals surface area contributed by atoms with Gasteiger partial charge in [-0.2, -0.15) is 0 Å². The van der Waals surface area contributed by atoms with Gasteiger partial charge in [0.05, 0.1) is 22.4 Å². The van der Waals surface area contributed by atoms with Crippen LogP contribution in [0.3, 0.4) is 0 Å². The molecule has 0 saturated heterocycles. The number of hydrogen-bond donors (Lipinski definition) is 0. The van der Waals surface area contributed by atoms with E-state index in [4.69, 9.17) is 4.98 Å². The molecule has 13 aromatic rings. The molecule has 2 aliphatic heterocycles. The second-order valence-electron chi connectivity index (χ2n) is 28.5. The van der Waals surface area contributed by atoms with Crippen molar-refractivity contribution in [2.45, 2.75) is 105 Å². The molecule has 0 bridgehead atoms. The first-order valence-electron chi connectivity index (χ1n) is 30.5. The summed E-state index contributed by atoms with van der Waals surface area (Å²) >= 11 is 0. The zero-order chi connectivity index (χ0) is 58.6. The Balaban J connectivity index is 1.11. The molecule has 0 aliphatic carbocycles. The third kappa shape index (κ3) is 8.49. The first kappa shape index (κ1) is 52.8. The molecule has 0 unspecified atom stereocenters. The summed E-state index contributed by atoms with van der Waals surface area (Å²) in [6.07, 6.45) is 0. The minimum atomic E-state index is -0.0938. The van der Waals surface area contributed by atoms with Crippen LogP contribution in [0.25, 0.3) is 122 Å². The Hall–Kier alpha value is -8.99. The predicted octanol–water partition coefficient (Wildman–Crippen LogP) is 19.6. The van der Waals surface area contributed by atoms with Crippen LogP contribution in [-0.2, 0) is 21.7 Å². The van der Waals surface area contributed by atoms with Crippen LogP contribution in [0.15, 0.2) is 218 Å². The average molecular weight is 1100 g/mol. The molecule has 4 heteroatoms. The molecule has 0 fully saturated rings. The van der Waals surface area contributed by atoms with Crippen LogP contribution < -0.4 is 16.4 Å². The number of hydrogen-bond acceptors (Lipinski definition) is 1. The second-order valence-corrected chi connectivity index (χ2v) is 28.5. The largest absolute Gasteiger partial charge is 0.310 e. The molecule has 3 aromatic heterocycles. The van der Waals surface area contributed by atoms with E-state index < -0.39 is 0 Å². The predicted molar refractivity (Wildman–Crippen MR) is 365 cm³/mol. The van der Waals surface area contributed by atoms with E-state index in [0.717, 1.165) is 22.5 Å². The van der Waals surface area contributed by atoms with Crippen molar-refractivity contribution in [2.75, 3.05) is 0 Å². The average Bonchev–Trinajstić information content (AvgIpc) is 1.60. The van der Waals surface area contributed by atoms with E-state index in [-0.39, 0.29) is 28.4 Å². The van der Waals surface area contributed by atoms with E-state index in [1.165, 1.54) is 138 Å². The van der Waals surface area contributed by atoms with Crippen LogP contribution in [0.5, 0.6) is 0 Å². The fourth-order valence-electron chi connectivity index (χ4n) is 14.0. The molecule has 3 nitrogen and oxygen atoms in total. The van der Waals surface area contributed by atoms with Gasteiger partial charge in [-0.1, -0.05) is 253 Å². The van der Waals surface area contributed by atoms with Crippen molar-refractivity contribution in [2.24, 2.45) is 0 Å². The molecule has 10 aromatic carbocycles. The van der Waals surface area contributed by atoms with Crippen LogP contribution in [0.2, 0.25) is 0 Å². The zero-order valence-electron chi connectivity index (χ0n) is 51.2. The summed E-state index contributed by atoms with van der Waals surface area (Å²) < 4.78 is 5.30. The summed E-state index contributed by atoms with van der Waals surface area (Å²) in [4.78, 5) is 5.55. The van der Waals surface area contributed by atoms with Crippen LogP contribution in [0.4, 0.5) is 0 Å². The highest BCUT2D eigenvalue weighted by Gasteiger charge is 2.43. The van der Waals surface area contributed by atoms with Crippen LogP contribution in [-0.4, -0.2) is 20.8 Å². The van der Waals surface area contributed by atoms with Crippen molar-refractivity contribution in [1.82, 2.24) is 14.1 Å². The topological polar surface area (TPSA) is 22.8 Å². The molecule has 0 spiro atoms. The molecule has 0 N–H and O–H groups in total. The quantitative estimate of drug-likeness (QED) is 0.152. The van der Waals surface area contributed by atoms with E-state index >= 15 is 0 Å². The van der Waals surface area contributed by atoms with Gasteiger partial charge in [0.1, 0.15) is 0 Å². The van der Waals surface area contributed by atoms with Gasteiger partial charge in [-0.05, 0) is 153 Å². The molecule has 0 amide bonds. The Morgan fingerprint density at radius 3 is 1.07 bits per heavy atom. The molecule has 5 heterocycles. The van der Waals surface area contributed by atoms with E-state index in [1.54, 1.807) is 0 Å². The van der Waals surface area contributed by atoms with Crippen LogP contribution in [0, 0.1) is 0 Å². The highest BCUT2D eigenvalue weighted by atomic mass is 15.0. The second kappa shape index (κ2) is 18.8. The Bertz CT molecular complexity index is 4560. The summed E-state index contributed by atoms with van der Waals surface area (Å²) in [6, 6.07) is 83.2. The lowest BCUT2D eigenvalue weighted by Gasteiger charge is -2.34. The van der Waals surface area contributed by atoms with Gasteiger partial charge >= 0.3 is 0 Å². The molecule has 0 radical (unpaired) electrons. The third-order valence-corrected chi connectivity index (χ3v) is 18.7. The van der Waals surface area contributed by atoms with E-state index in [2.05, 4.69) is 311 Å². The smallest absolute Gasteiger partial charge is 0.252 e. The minimum absolute atomic E-state index is 0.0606. The summed E-state index contributed by atoms with van der Waals surface area (Å²) in [6.45, 7) is 28.1. The SMILES string of the molecule is CC(C)(C)c1cc(-c2ccc3c4c2c2cc(-c5ccccc5)ccc2n4-c2cc(-c4cccc(-c5ccccc5)n4)cc4c2B3c2ccc(-c3cc(C(C)(C)C)cc(C(C)(C)C)c3)c3c5cc(-c6ccccc6)ccc5n-4c23)cc(C(C)(C)C)c1. The fourth-order valence-corrected chi connectivity index (χ4v) is 14.0. The van der Waals surface area contributed by atoms with Gasteiger partial charge in [-0.15, -0.1) is 0 Å². The lowest BCUT2D eigenvalue weighted by molar-refractivity contribution is 0.568. The van der Waals surface area contributed by atoms with Crippen molar-refractivity contribution in [1.29, 1.82) is 0 Å². The normalized spacial score (nSPS) is 13.2. The maximum Gasteiger partial charge on any atom is 0.252 e. The van der Waals surface area contributed by atoms with Gasteiger partial charge in [0.25, 0.3) is 6.71 Å². The summed E-state index contributed by atoms with van der Waals surface area (Å²) in [5.74, 6) is 0. The lowest BCUT2D eigenvalue weighted by atomic mass is 9.34. The Kier molecular flexibility index (Phi) is 11.6. The van der Waals surface area contributed by atoms with Gasteiger partial charge in [-0.25, -0.2) is 4.98 Å². The Morgan fingerprint density at radius 2 is 0.682 bits per heavy atom. The number of pyridine rings is 1. The molecule has 0 saturated carbocycles. The van der Waals surface area contributed by atoms with Gasteiger partial charge in [0.2, 0.25) is 0 Å². The van der Waals surface area contributed by atoms with Crippen LogP contribution in [0.1, 0.15) is 105 Å². The van der Waals surface area contributed by atoms with E-state index in [0.29, 0.717) is 0 Å². The van der Waals surface area contributed by atoms with E-state index in [9.17, 15) is 0 Å². The first-order chi connectivity index (χ1) is 40.7. The zero-order valence-corrected chi connectivity index (χ0v) is 51.2. The fraction of sp³-hybridized carbons (Fsp3) is 0.198. The van der Waals surface area contributed by atoms with Crippen molar-refractivity contribution >= 4 is 66.7 Å². The maximum absolute atomic E-state index is 5.55. The standard InChI is InChI=1S/C81H72BN3/c1-78(2,3)57-39-54(40-58(47-57)79(4,5)6)61-33-35-65-76-73(61)63-43-52(49-23-16-13-17-24-49)31-37-69(63)84(76)71-45-56(68-30-22-29-67(83-68)51-27-20-15-21-28-51)46-72-75(71)82(65)66-36-34-62(55-41-59(80(7,8)9)48-60(42-55)81(10,11)12)74-64-44-53(50-25-18-14-19-26-50)32-38-70(64)85(72)77(66)74/h13-48H,1-12H3. The number of fused-ring (bicyclic) bond motifs is 10. The molecule has 2 aliphatic rings. The van der Waals surface area contributed by atoms with Gasteiger partial charge in [-0.3, -0.25) is 0 Å². The van der Waals surface area contributed by atoms with Gasteiger partial charge in [0, 0.05) is 55.1 Å². The minimum Gasteiger partial charge on any atom is -0.310 e. The molecule has 0 atom stereocenters. The summed E-state index contributed by atoms with van der Waals surface area (Å²) in [5, 5.41) is 5.08. The van der Waals surface area contributed by atoms with E-state index in [1.807, 2.05) is 0 Å². The highest BCUT2D eigenvalue weighted by Crippen LogP contribution is 2.48. The van der Waals surface area contributed by atoms with Gasteiger partial charge < -0.3 is 9.13 Å². The van der Waals surface area contributed by atoms with Gasteiger partial charge in [0.15, 0.2) is 0 Å². The molecule has 85 heavy (non-hydrogen) atoms. The highest BCUT2D eigenvalue weighted by molar-refractivity contribution is 7.00. The van der Waals surface area contributed by atoms with Crippen molar-refractivity contribution in [3.05, 3.63) is 241 Å². The van der Waals surface area contributed by atoms with Crippen molar-refractivity contribution in [3.8, 4) is 78.4 Å².